The summed E-state index contributed by atoms with van der Waals surface area (Å²) in [6, 6.07) is 0. The lowest BCUT2D eigenvalue weighted by molar-refractivity contribution is -0.159. The minimum Gasteiger partial charge on any atom is -0.473 e. The fraction of sp³-hybridized carbons (Fsp3) is 0.500. The Balaban J connectivity index is 0. The minimum atomic E-state index is -1.82. The molecule has 6 nitrogen and oxygen atoms in total. The van der Waals surface area contributed by atoms with Crippen LogP contribution >= 0.6 is 0 Å². The van der Waals surface area contributed by atoms with E-state index < -0.39 is 11.9 Å². The van der Waals surface area contributed by atoms with Crippen LogP contribution in [0, 0.1) is 0 Å². The van der Waals surface area contributed by atoms with E-state index in [4.69, 9.17) is 19.8 Å². The van der Waals surface area contributed by atoms with Gasteiger partial charge in [0, 0.05) is 21.0 Å². The minimum absolute atomic E-state index is 0.0926. The number of hydrogen-bond acceptors (Lipinski definition) is 3. The molecule has 0 fully saturated rings. The van der Waals surface area contributed by atoms with Gasteiger partial charge in [-0.2, -0.15) is 0 Å². The number of carboxylic acids is 2. The molecule has 0 bridgehead atoms. The van der Waals surface area contributed by atoms with Crippen molar-refractivity contribution in [3.8, 4) is 0 Å². The van der Waals surface area contributed by atoms with Crippen molar-refractivity contribution < 1.29 is 24.6 Å². The van der Waals surface area contributed by atoms with Crippen LogP contribution in [-0.2, 0) is 14.4 Å². The van der Waals surface area contributed by atoms with E-state index in [1.807, 2.05) is 0 Å². The van der Waals surface area contributed by atoms with E-state index in [1.165, 1.54) is 11.8 Å². The third kappa shape index (κ3) is 11.2. The highest BCUT2D eigenvalue weighted by atomic mass is 16.4. The number of carbonyl (C=O) groups excluding carboxylic acids is 1. The standard InChI is InChI=1S/C4H9NO.C2H2O4/c1-4(6)5(2)3;3-1(4)2(5)6/h1-3H3;(H,3,4)(H,5,6). The Hall–Kier alpha value is -1.59. The Labute approximate surface area is 69.4 Å². The van der Waals surface area contributed by atoms with Crippen LogP contribution in [0.15, 0.2) is 0 Å². The van der Waals surface area contributed by atoms with Gasteiger partial charge in [0.05, 0.1) is 0 Å². The molecular weight excluding hydrogens is 166 g/mol. The summed E-state index contributed by atoms with van der Waals surface area (Å²) in [5.41, 5.74) is 0. The average molecular weight is 177 g/mol. The Morgan fingerprint density at radius 1 is 1.00 bits per heavy atom. The molecule has 1 amide bonds. The van der Waals surface area contributed by atoms with Crippen LogP contribution in [0.3, 0.4) is 0 Å². The van der Waals surface area contributed by atoms with Gasteiger partial charge in [-0.3, -0.25) is 4.79 Å². The molecule has 0 saturated carbocycles. The van der Waals surface area contributed by atoms with Crippen LogP contribution in [0.2, 0.25) is 0 Å². The van der Waals surface area contributed by atoms with E-state index in [1.54, 1.807) is 14.1 Å². The van der Waals surface area contributed by atoms with E-state index in [0.717, 1.165) is 0 Å². The quantitative estimate of drug-likeness (QED) is 0.475. The van der Waals surface area contributed by atoms with Gasteiger partial charge in [0.25, 0.3) is 0 Å². The lowest BCUT2D eigenvalue weighted by Gasteiger charge is -2.02. The molecule has 0 radical (unpaired) electrons. The zero-order chi connectivity index (χ0) is 10.3. The maximum absolute atomic E-state index is 10.1. The first-order valence-electron chi connectivity index (χ1n) is 2.93. The first-order valence-corrected chi connectivity index (χ1v) is 2.93. The molecule has 0 aromatic carbocycles. The third-order valence-electron chi connectivity index (χ3n) is 0.813. The van der Waals surface area contributed by atoms with E-state index in [-0.39, 0.29) is 5.91 Å². The Morgan fingerprint density at radius 3 is 1.17 bits per heavy atom. The molecular formula is C6H11NO5. The first kappa shape index (κ1) is 13.0. The molecule has 0 aliphatic heterocycles. The highest BCUT2D eigenvalue weighted by Gasteiger charge is 2.04. The van der Waals surface area contributed by atoms with Gasteiger partial charge in [0.2, 0.25) is 5.91 Å². The predicted molar refractivity (Wildman–Crippen MR) is 39.6 cm³/mol. The Kier molecular flexibility index (Phi) is 6.67. The van der Waals surface area contributed by atoms with Crippen LogP contribution in [0.25, 0.3) is 0 Å². The molecule has 0 aromatic rings. The largest absolute Gasteiger partial charge is 0.473 e. The normalized spacial score (nSPS) is 7.58. The first-order chi connectivity index (χ1) is 5.29. The van der Waals surface area contributed by atoms with Crippen molar-refractivity contribution in [2.75, 3.05) is 14.1 Å². The Bertz CT molecular complexity index is 174. The fourth-order valence-corrected chi connectivity index (χ4v) is 0. The molecule has 6 heteroatoms. The van der Waals surface area contributed by atoms with Gasteiger partial charge in [-0.1, -0.05) is 0 Å². The molecule has 0 aliphatic carbocycles. The van der Waals surface area contributed by atoms with Crippen molar-refractivity contribution in [2.45, 2.75) is 6.92 Å². The highest BCUT2D eigenvalue weighted by molar-refractivity contribution is 6.27. The van der Waals surface area contributed by atoms with Crippen molar-refractivity contribution in [3.63, 3.8) is 0 Å². The van der Waals surface area contributed by atoms with Gasteiger partial charge in [0.1, 0.15) is 0 Å². The topological polar surface area (TPSA) is 94.9 Å². The van der Waals surface area contributed by atoms with Crippen molar-refractivity contribution in [1.29, 1.82) is 0 Å². The summed E-state index contributed by atoms with van der Waals surface area (Å²) >= 11 is 0. The third-order valence-corrected chi connectivity index (χ3v) is 0.813. The van der Waals surface area contributed by atoms with Gasteiger partial charge in [-0.15, -0.1) is 0 Å². The van der Waals surface area contributed by atoms with Crippen LogP contribution in [0.4, 0.5) is 0 Å². The van der Waals surface area contributed by atoms with Crippen molar-refractivity contribution >= 4 is 17.8 Å². The van der Waals surface area contributed by atoms with Crippen molar-refractivity contribution in [3.05, 3.63) is 0 Å². The number of aliphatic carboxylic acids is 2. The molecule has 0 saturated heterocycles. The zero-order valence-corrected chi connectivity index (χ0v) is 7.07. The van der Waals surface area contributed by atoms with Crippen molar-refractivity contribution in [2.24, 2.45) is 0 Å². The number of amides is 1. The molecule has 70 valence electrons. The van der Waals surface area contributed by atoms with Crippen LogP contribution in [-0.4, -0.2) is 47.1 Å². The second kappa shape index (κ2) is 6.14. The van der Waals surface area contributed by atoms with Crippen LogP contribution in [0.1, 0.15) is 6.92 Å². The SMILES string of the molecule is CC(=O)N(C)C.O=C(O)C(=O)O. The Morgan fingerprint density at radius 2 is 1.17 bits per heavy atom. The molecule has 0 aliphatic rings. The summed E-state index contributed by atoms with van der Waals surface area (Å²) in [7, 11) is 3.45. The maximum Gasteiger partial charge on any atom is 0.414 e. The molecule has 0 aromatic heterocycles. The number of hydrogen-bond donors (Lipinski definition) is 2. The summed E-state index contributed by atoms with van der Waals surface area (Å²) < 4.78 is 0. The van der Waals surface area contributed by atoms with Gasteiger partial charge < -0.3 is 15.1 Å². The summed E-state index contributed by atoms with van der Waals surface area (Å²) in [6.45, 7) is 1.53. The second-order valence-electron chi connectivity index (χ2n) is 2.02. The van der Waals surface area contributed by atoms with Gasteiger partial charge in [-0.25, -0.2) is 9.59 Å². The molecule has 0 rings (SSSR count). The second-order valence-corrected chi connectivity index (χ2v) is 2.02. The van der Waals surface area contributed by atoms with Crippen LogP contribution < -0.4 is 0 Å². The van der Waals surface area contributed by atoms with Crippen LogP contribution in [0.5, 0.6) is 0 Å². The van der Waals surface area contributed by atoms with E-state index in [0.29, 0.717) is 0 Å². The zero-order valence-electron chi connectivity index (χ0n) is 7.07. The summed E-state index contributed by atoms with van der Waals surface area (Å²) in [6.07, 6.45) is 0. The fourth-order valence-electron chi connectivity index (χ4n) is 0. The number of nitrogens with zero attached hydrogens (tertiary/aromatic N) is 1. The summed E-state index contributed by atoms with van der Waals surface area (Å²) in [5.74, 6) is -3.56. The lowest BCUT2D eigenvalue weighted by atomic mass is 10.7. The van der Waals surface area contributed by atoms with E-state index in [9.17, 15) is 4.79 Å². The smallest absolute Gasteiger partial charge is 0.414 e. The molecule has 0 unspecified atom stereocenters. The monoisotopic (exact) mass is 177 g/mol. The number of rotatable bonds is 0. The van der Waals surface area contributed by atoms with Crippen molar-refractivity contribution in [1.82, 2.24) is 4.90 Å². The summed E-state index contributed by atoms with van der Waals surface area (Å²) in [5, 5.41) is 14.8. The number of carboxylic acid groups (broad SMARTS) is 2. The highest BCUT2D eigenvalue weighted by Crippen LogP contribution is 1.69. The van der Waals surface area contributed by atoms with Gasteiger partial charge in [0.15, 0.2) is 0 Å². The lowest BCUT2D eigenvalue weighted by Crippen LogP contribution is -2.17. The average Bonchev–Trinajstić information content (AvgIpc) is 1.88. The summed E-state index contributed by atoms with van der Waals surface area (Å²) in [4.78, 5) is 29.8. The maximum atomic E-state index is 10.1. The molecule has 0 spiro atoms. The van der Waals surface area contributed by atoms with E-state index in [2.05, 4.69) is 0 Å². The predicted octanol–water partition coefficient (Wildman–Crippen LogP) is -0.750. The van der Waals surface area contributed by atoms with Gasteiger partial charge in [-0.05, 0) is 0 Å². The molecule has 2 N–H and O–H groups in total. The molecule has 0 atom stereocenters. The van der Waals surface area contributed by atoms with E-state index >= 15 is 0 Å². The molecule has 12 heavy (non-hydrogen) atoms. The molecule has 0 heterocycles. The van der Waals surface area contributed by atoms with Gasteiger partial charge >= 0.3 is 11.9 Å². The number of carbonyl (C=O) groups is 3.